The van der Waals surface area contributed by atoms with E-state index in [1.807, 2.05) is 0 Å². The first-order chi connectivity index (χ1) is 5.99. The van der Waals surface area contributed by atoms with Crippen molar-refractivity contribution in [2.45, 2.75) is 50.8 Å². The molecule has 1 atom stereocenters. The molecule has 4 heteroatoms. The molecule has 78 valence electrons. The summed E-state index contributed by atoms with van der Waals surface area (Å²) < 4.78 is 35.4. The molecule has 1 unspecified atom stereocenters. The first-order valence-electron chi connectivity index (χ1n) is 4.74. The Kier molecular flexibility index (Phi) is 3.59. The lowest BCUT2D eigenvalue weighted by molar-refractivity contribution is -0.141. The van der Waals surface area contributed by atoms with Crippen molar-refractivity contribution in [2.24, 2.45) is 5.92 Å². The van der Waals surface area contributed by atoms with Crippen molar-refractivity contribution in [3.05, 3.63) is 0 Å². The minimum absolute atomic E-state index is 0.113. The van der Waals surface area contributed by atoms with Crippen molar-refractivity contribution in [1.82, 2.24) is 0 Å². The van der Waals surface area contributed by atoms with E-state index in [1.165, 1.54) is 0 Å². The molecule has 0 bridgehead atoms. The maximum Gasteiger partial charge on any atom is 0.389 e. The highest BCUT2D eigenvalue weighted by Gasteiger charge is 2.30. The first-order valence-corrected chi connectivity index (χ1v) is 4.74. The van der Waals surface area contributed by atoms with Crippen LogP contribution in [0.4, 0.5) is 13.2 Å². The third-order valence-corrected chi connectivity index (χ3v) is 2.67. The molecule has 1 aliphatic carbocycles. The summed E-state index contributed by atoms with van der Waals surface area (Å²) in [4.78, 5) is 0. The highest BCUT2D eigenvalue weighted by Crippen LogP contribution is 2.31. The molecule has 0 radical (unpaired) electrons. The topological polar surface area (TPSA) is 20.2 Å². The molecule has 0 spiro atoms. The van der Waals surface area contributed by atoms with Crippen molar-refractivity contribution in [2.75, 3.05) is 0 Å². The maximum atomic E-state index is 11.8. The van der Waals surface area contributed by atoms with E-state index in [-0.39, 0.29) is 12.3 Å². The van der Waals surface area contributed by atoms with Gasteiger partial charge in [0, 0.05) is 6.42 Å². The lowest BCUT2D eigenvalue weighted by Crippen LogP contribution is -2.20. The van der Waals surface area contributed by atoms with Crippen LogP contribution in [0.25, 0.3) is 0 Å². The number of rotatable bonds is 3. The Labute approximate surface area is 75.9 Å². The predicted octanol–water partition coefficient (Wildman–Crippen LogP) is 2.88. The molecule has 1 rings (SSSR count). The Bertz CT molecular complexity index is 149. The fourth-order valence-electron chi connectivity index (χ4n) is 1.89. The van der Waals surface area contributed by atoms with Crippen LogP contribution in [-0.2, 0) is 0 Å². The Hall–Kier alpha value is -0.250. The molecule has 0 aliphatic heterocycles. The van der Waals surface area contributed by atoms with Crippen molar-refractivity contribution < 1.29 is 18.3 Å². The predicted molar refractivity (Wildman–Crippen MR) is 43.3 cm³/mol. The van der Waals surface area contributed by atoms with Crippen LogP contribution in [0, 0.1) is 5.92 Å². The van der Waals surface area contributed by atoms with E-state index in [0.717, 1.165) is 25.7 Å². The van der Waals surface area contributed by atoms with Gasteiger partial charge in [0.05, 0.1) is 6.10 Å². The molecule has 1 fully saturated rings. The first kappa shape index (κ1) is 10.8. The Morgan fingerprint density at radius 3 is 2.23 bits per heavy atom. The number of halogens is 3. The third-order valence-electron chi connectivity index (χ3n) is 2.67. The van der Waals surface area contributed by atoms with Crippen LogP contribution < -0.4 is 0 Å². The molecule has 0 saturated heterocycles. The highest BCUT2D eigenvalue weighted by atomic mass is 19.4. The molecule has 1 N–H and O–H groups in total. The van der Waals surface area contributed by atoms with Crippen LogP contribution >= 0.6 is 0 Å². The second-order valence-electron chi connectivity index (χ2n) is 3.77. The summed E-state index contributed by atoms with van der Waals surface area (Å²) in [6.07, 6.45) is -1.98. The average molecular weight is 196 g/mol. The molecular weight excluding hydrogens is 181 g/mol. The lowest BCUT2D eigenvalue weighted by Gasteiger charge is -2.17. The monoisotopic (exact) mass is 196 g/mol. The van der Waals surface area contributed by atoms with Crippen LogP contribution in [-0.4, -0.2) is 17.4 Å². The Morgan fingerprint density at radius 2 is 1.77 bits per heavy atom. The Morgan fingerprint density at radius 1 is 1.23 bits per heavy atom. The van der Waals surface area contributed by atoms with Gasteiger partial charge in [-0.1, -0.05) is 12.8 Å². The van der Waals surface area contributed by atoms with E-state index in [4.69, 9.17) is 0 Å². The molecule has 0 aromatic heterocycles. The van der Waals surface area contributed by atoms with Crippen LogP contribution in [0.1, 0.15) is 38.5 Å². The van der Waals surface area contributed by atoms with E-state index in [9.17, 15) is 18.3 Å². The molecule has 0 aromatic carbocycles. The van der Waals surface area contributed by atoms with Gasteiger partial charge in [0.1, 0.15) is 0 Å². The van der Waals surface area contributed by atoms with Gasteiger partial charge in [0.15, 0.2) is 0 Å². The summed E-state index contributed by atoms with van der Waals surface area (Å²) in [7, 11) is 0. The molecule has 0 amide bonds. The molecule has 1 nitrogen and oxygen atoms in total. The molecule has 13 heavy (non-hydrogen) atoms. The van der Waals surface area contributed by atoms with Crippen LogP contribution in [0.15, 0.2) is 0 Å². The van der Waals surface area contributed by atoms with E-state index >= 15 is 0 Å². The number of alkyl halides is 3. The van der Waals surface area contributed by atoms with Crippen molar-refractivity contribution in [1.29, 1.82) is 0 Å². The summed E-state index contributed by atoms with van der Waals surface area (Å²) in [5, 5.41) is 9.41. The fourth-order valence-corrected chi connectivity index (χ4v) is 1.89. The largest absolute Gasteiger partial charge is 0.393 e. The SMILES string of the molecule is OC(CCC(F)(F)F)C1CCCC1. The molecule has 0 aromatic rings. The molecule has 1 saturated carbocycles. The molecule has 1 aliphatic rings. The number of hydrogen-bond acceptors (Lipinski definition) is 1. The van der Waals surface area contributed by atoms with Crippen molar-refractivity contribution in [3.8, 4) is 0 Å². The third kappa shape index (κ3) is 3.98. The highest BCUT2D eigenvalue weighted by molar-refractivity contribution is 4.75. The number of aliphatic hydroxyl groups excluding tert-OH is 1. The van der Waals surface area contributed by atoms with Gasteiger partial charge in [-0.25, -0.2) is 0 Å². The Balaban J connectivity index is 2.20. The smallest absolute Gasteiger partial charge is 0.389 e. The van der Waals surface area contributed by atoms with Gasteiger partial charge in [-0.05, 0) is 25.2 Å². The van der Waals surface area contributed by atoms with E-state index < -0.39 is 18.7 Å². The van der Waals surface area contributed by atoms with Gasteiger partial charge in [0.2, 0.25) is 0 Å². The second kappa shape index (κ2) is 4.31. The van der Waals surface area contributed by atoms with E-state index in [0.29, 0.717) is 0 Å². The van der Waals surface area contributed by atoms with Gasteiger partial charge in [0.25, 0.3) is 0 Å². The molecule has 0 heterocycles. The minimum Gasteiger partial charge on any atom is -0.393 e. The normalized spacial score (nSPS) is 22.2. The van der Waals surface area contributed by atoms with Gasteiger partial charge >= 0.3 is 6.18 Å². The van der Waals surface area contributed by atoms with E-state index in [1.54, 1.807) is 0 Å². The number of aliphatic hydroxyl groups is 1. The summed E-state index contributed by atoms with van der Waals surface area (Å²) in [6.45, 7) is 0. The fraction of sp³-hybridized carbons (Fsp3) is 1.00. The standard InChI is InChI=1S/C9H15F3O/c10-9(11,12)6-5-8(13)7-3-1-2-4-7/h7-8,13H,1-6H2. The van der Waals surface area contributed by atoms with Crippen molar-refractivity contribution in [3.63, 3.8) is 0 Å². The zero-order valence-electron chi connectivity index (χ0n) is 7.48. The summed E-state index contributed by atoms with van der Waals surface area (Å²) in [6, 6.07) is 0. The maximum absolute atomic E-state index is 11.8. The zero-order valence-corrected chi connectivity index (χ0v) is 7.48. The summed E-state index contributed by atoms with van der Waals surface area (Å²) >= 11 is 0. The van der Waals surface area contributed by atoms with Gasteiger partial charge in [-0.15, -0.1) is 0 Å². The van der Waals surface area contributed by atoms with Crippen LogP contribution in [0.2, 0.25) is 0 Å². The van der Waals surface area contributed by atoms with Gasteiger partial charge < -0.3 is 5.11 Å². The zero-order chi connectivity index (χ0) is 9.90. The van der Waals surface area contributed by atoms with Gasteiger partial charge in [-0.3, -0.25) is 0 Å². The van der Waals surface area contributed by atoms with E-state index in [2.05, 4.69) is 0 Å². The summed E-state index contributed by atoms with van der Waals surface area (Å²) in [5.74, 6) is 0.113. The lowest BCUT2D eigenvalue weighted by atomic mass is 9.97. The van der Waals surface area contributed by atoms with Crippen LogP contribution in [0.3, 0.4) is 0 Å². The van der Waals surface area contributed by atoms with Crippen LogP contribution in [0.5, 0.6) is 0 Å². The second-order valence-corrected chi connectivity index (χ2v) is 3.77. The minimum atomic E-state index is -4.13. The quantitative estimate of drug-likeness (QED) is 0.735. The number of hydrogen-bond donors (Lipinski definition) is 1. The van der Waals surface area contributed by atoms with Crippen molar-refractivity contribution >= 4 is 0 Å². The summed E-state index contributed by atoms with van der Waals surface area (Å²) in [5.41, 5.74) is 0. The van der Waals surface area contributed by atoms with Gasteiger partial charge in [-0.2, -0.15) is 13.2 Å². The molecular formula is C9H15F3O. The average Bonchev–Trinajstić information content (AvgIpc) is 2.50.